The number of benzene rings is 1. The lowest BCUT2D eigenvalue weighted by molar-refractivity contribution is -0.116. The Labute approximate surface area is 114 Å². The van der Waals surface area contributed by atoms with E-state index in [2.05, 4.69) is 12.0 Å². The monoisotopic (exact) mass is 260 g/mol. The van der Waals surface area contributed by atoms with Crippen LogP contribution in [0.15, 0.2) is 36.4 Å². The molecule has 1 N–H and O–H groups in total. The third-order valence-electron chi connectivity index (χ3n) is 3.23. The van der Waals surface area contributed by atoms with Gasteiger partial charge >= 0.3 is 0 Å². The van der Waals surface area contributed by atoms with Crippen LogP contribution in [0, 0.1) is 0 Å². The Morgan fingerprint density at radius 1 is 1.37 bits per heavy atom. The molecule has 1 saturated heterocycles. The maximum atomic E-state index is 11.8. The van der Waals surface area contributed by atoms with E-state index in [1.165, 1.54) is 0 Å². The van der Waals surface area contributed by atoms with E-state index in [1.54, 1.807) is 0 Å². The van der Waals surface area contributed by atoms with Crippen molar-refractivity contribution in [3.8, 4) is 5.75 Å². The fourth-order valence-corrected chi connectivity index (χ4v) is 2.08. The van der Waals surface area contributed by atoms with Crippen molar-refractivity contribution in [3.63, 3.8) is 0 Å². The number of anilines is 1. The largest absolute Gasteiger partial charge is 0.491 e. The van der Waals surface area contributed by atoms with E-state index in [4.69, 9.17) is 4.74 Å². The number of hydrogen-bond donors (Lipinski definition) is 1. The smallest absolute Gasteiger partial charge is 0.267 e. The number of nitrogens with zero attached hydrogens (tertiary/aromatic N) is 1. The van der Waals surface area contributed by atoms with Crippen LogP contribution < -0.4 is 15.2 Å². The van der Waals surface area contributed by atoms with Crippen molar-refractivity contribution >= 4 is 11.6 Å². The Hall–Kier alpha value is -1.97. The summed E-state index contributed by atoms with van der Waals surface area (Å²) in [5.74, 6) is 0.648. The summed E-state index contributed by atoms with van der Waals surface area (Å²) < 4.78 is 5.67. The predicted octanol–water partition coefficient (Wildman–Crippen LogP) is 2.66. The van der Waals surface area contributed by atoms with E-state index in [1.807, 2.05) is 57.0 Å². The molecule has 0 aliphatic carbocycles. The van der Waals surface area contributed by atoms with Crippen molar-refractivity contribution in [1.29, 1.82) is 0 Å². The number of carbonyl (C=O) groups excluding carboxylic acids is 1. The van der Waals surface area contributed by atoms with Crippen LogP contribution in [0.3, 0.4) is 0 Å². The van der Waals surface area contributed by atoms with Crippen molar-refractivity contribution in [3.05, 3.63) is 36.4 Å². The summed E-state index contributed by atoms with van der Waals surface area (Å²) >= 11 is 0. The van der Waals surface area contributed by atoms with Crippen LogP contribution in [0.1, 0.15) is 27.7 Å². The normalized spacial score (nSPS) is 17.8. The van der Waals surface area contributed by atoms with Gasteiger partial charge in [0, 0.05) is 11.6 Å². The molecular formula is C15H20N2O2. The summed E-state index contributed by atoms with van der Waals surface area (Å²) in [6.45, 7) is 11.7. The van der Waals surface area contributed by atoms with Gasteiger partial charge in [-0.2, -0.15) is 0 Å². The third-order valence-corrected chi connectivity index (χ3v) is 3.23. The first kappa shape index (κ1) is 13.5. The molecule has 1 amide bonds. The van der Waals surface area contributed by atoms with Gasteiger partial charge in [-0.1, -0.05) is 12.6 Å². The second kappa shape index (κ2) is 4.61. The molecule has 1 fully saturated rings. The average Bonchev–Trinajstić information content (AvgIpc) is 2.52. The molecule has 0 unspecified atom stereocenters. The van der Waals surface area contributed by atoms with Gasteiger partial charge in [0.1, 0.15) is 5.75 Å². The number of amides is 1. The molecule has 4 nitrogen and oxygen atoms in total. The van der Waals surface area contributed by atoms with Gasteiger partial charge in [0.15, 0.2) is 0 Å². The molecule has 0 spiro atoms. The van der Waals surface area contributed by atoms with E-state index in [0.29, 0.717) is 5.57 Å². The van der Waals surface area contributed by atoms with E-state index < -0.39 is 5.54 Å². The molecule has 4 heteroatoms. The average molecular weight is 260 g/mol. The van der Waals surface area contributed by atoms with Gasteiger partial charge in [-0.25, -0.2) is 0 Å². The fourth-order valence-electron chi connectivity index (χ4n) is 2.08. The molecular weight excluding hydrogens is 240 g/mol. The molecule has 1 aromatic carbocycles. The summed E-state index contributed by atoms with van der Waals surface area (Å²) in [6.07, 6.45) is 0.117. The Bertz CT molecular complexity index is 521. The van der Waals surface area contributed by atoms with Crippen molar-refractivity contribution in [1.82, 2.24) is 5.43 Å². The molecule has 1 aliphatic rings. The van der Waals surface area contributed by atoms with E-state index in [9.17, 15) is 4.79 Å². The van der Waals surface area contributed by atoms with Gasteiger partial charge in [-0.05, 0) is 39.8 Å². The van der Waals surface area contributed by atoms with Crippen molar-refractivity contribution in [2.75, 3.05) is 5.01 Å². The highest BCUT2D eigenvalue weighted by Gasteiger charge is 2.41. The molecule has 0 saturated carbocycles. The number of hydrogen-bond acceptors (Lipinski definition) is 3. The molecule has 19 heavy (non-hydrogen) atoms. The highest BCUT2D eigenvalue weighted by atomic mass is 16.5. The first-order valence-corrected chi connectivity index (χ1v) is 6.39. The second-order valence-corrected chi connectivity index (χ2v) is 5.48. The van der Waals surface area contributed by atoms with Crippen LogP contribution in [0.25, 0.3) is 0 Å². The predicted molar refractivity (Wildman–Crippen MR) is 76.0 cm³/mol. The standard InChI is InChI=1S/C15H20N2O2/c1-10(2)19-13-8-6-7-12(9-13)17-15(4,5)11(3)14(18)16-17/h6-10H,3H2,1-2,4-5H3,(H,16,18). The Morgan fingerprint density at radius 2 is 2.05 bits per heavy atom. The van der Waals surface area contributed by atoms with Gasteiger partial charge in [-0.15, -0.1) is 0 Å². The molecule has 0 atom stereocenters. The first-order chi connectivity index (χ1) is 8.82. The maximum Gasteiger partial charge on any atom is 0.267 e. The number of rotatable bonds is 3. The summed E-state index contributed by atoms with van der Waals surface area (Å²) in [4.78, 5) is 11.8. The van der Waals surface area contributed by atoms with Crippen LogP contribution in [-0.4, -0.2) is 17.6 Å². The molecule has 1 aliphatic heterocycles. The minimum Gasteiger partial charge on any atom is -0.491 e. The highest BCUT2D eigenvalue weighted by Crippen LogP contribution is 2.33. The zero-order chi connectivity index (χ0) is 14.2. The lowest BCUT2D eigenvalue weighted by Crippen LogP contribution is -2.44. The summed E-state index contributed by atoms with van der Waals surface area (Å²) in [5.41, 5.74) is 3.82. The van der Waals surface area contributed by atoms with Crippen LogP contribution >= 0.6 is 0 Å². The number of nitrogens with one attached hydrogen (secondary N) is 1. The molecule has 0 radical (unpaired) electrons. The van der Waals surface area contributed by atoms with Gasteiger partial charge in [0.25, 0.3) is 5.91 Å². The minimum absolute atomic E-state index is 0.117. The van der Waals surface area contributed by atoms with Crippen LogP contribution in [0.4, 0.5) is 5.69 Å². The van der Waals surface area contributed by atoms with Crippen molar-refractivity contribution in [2.24, 2.45) is 0 Å². The summed E-state index contributed by atoms with van der Waals surface area (Å²) in [6, 6.07) is 7.67. The van der Waals surface area contributed by atoms with Gasteiger partial charge in [0.2, 0.25) is 0 Å². The minimum atomic E-state index is -0.451. The van der Waals surface area contributed by atoms with Gasteiger partial charge < -0.3 is 4.74 Å². The quantitative estimate of drug-likeness (QED) is 0.849. The third kappa shape index (κ3) is 2.43. The lowest BCUT2D eigenvalue weighted by atomic mass is 9.96. The Morgan fingerprint density at radius 3 is 2.58 bits per heavy atom. The van der Waals surface area contributed by atoms with Crippen molar-refractivity contribution < 1.29 is 9.53 Å². The fraction of sp³-hybridized carbons (Fsp3) is 0.400. The number of hydrazine groups is 1. The zero-order valence-corrected chi connectivity index (χ0v) is 11.9. The SMILES string of the molecule is C=C1C(=O)NN(c2cccc(OC(C)C)c2)C1(C)C. The topological polar surface area (TPSA) is 41.6 Å². The van der Waals surface area contributed by atoms with Gasteiger partial charge in [0.05, 0.1) is 17.3 Å². The Kier molecular flexibility index (Phi) is 3.27. The molecule has 1 heterocycles. The molecule has 0 bridgehead atoms. The Balaban J connectivity index is 2.32. The van der Waals surface area contributed by atoms with Crippen LogP contribution in [-0.2, 0) is 4.79 Å². The second-order valence-electron chi connectivity index (χ2n) is 5.48. The van der Waals surface area contributed by atoms with E-state index in [-0.39, 0.29) is 12.0 Å². The number of carbonyl (C=O) groups is 1. The van der Waals surface area contributed by atoms with E-state index in [0.717, 1.165) is 11.4 Å². The molecule has 1 aromatic rings. The lowest BCUT2D eigenvalue weighted by Gasteiger charge is -2.32. The molecule has 0 aromatic heterocycles. The van der Waals surface area contributed by atoms with Gasteiger partial charge in [-0.3, -0.25) is 15.2 Å². The zero-order valence-electron chi connectivity index (χ0n) is 11.9. The first-order valence-electron chi connectivity index (χ1n) is 6.39. The highest BCUT2D eigenvalue weighted by molar-refractivity contribution is 6.00. The molecule has 2 rings (SSSR count). The van der Waals surface area contributed by atoms with Crippen LogP contribution in [0.2, 0.25) is 0 Å². The summed E-state index contributed by atoms with van der Waals surface area (Å²) in [5, 5.41) is 1.82. The van der Waals surface area contributed by atoms with E-state index >= 15 is 0 Å². The maximum absolute atomic E-state index is 11.8. The molecule has 102 valence electrons. The van der Waals surface area contributed by atoms with Crippen LogP contribution in [0.5, 0.6) is 5.75 Å². The van der Waals surface area contributed by atoms with Crippen molar-refractivity contribution in [2.45, 2.75) is 39.3 Å². The number of ether oxygens (including phenoxy) is 1. The summed E-state index contributed by atoms with van der Waals surface area (Å²) in [7, 11) is 0.